The molecule has 2 rings (SSSR count). The van der Waals surface area contributed by atoms with Gasteiger partial charge in [0, 0.05) is 13.1 Å². The maximum atomic E-state index is 6.00. The van der Waals surface area contributed by atoms with Gasteiger partial charge in [0.2, 0.25) is 0 Å². The second-order valence-corrected chi connectivity index (χ2v) is 4.31. The fourth-order valence-corrected chi connectivity index (χ4v) is 2.26. The lowest BCUT2D eigenvalue weighted by molar-refractivity contribution is 0.557. The summed E-state index contributed by atoms with van der Waals surface area (Å²) >= 11 is 0. The first kappa shape index (κ1) is 10.3. The van der Waals surface area contributed by atoms with E-state index in [2.05, 4.69) is 17.0 Å². The molecule has 0 aliphatic carbocycles. The summed E-state index contributed by atoms with van der Waals surface area (Å²) in [6.45, 7) is 2.32. The van der Waals surface area contributed by atoms with E-state index >= 15 is 0 Å². The number of benzene rings is 1. The Morgan fingerprint density at radius 3 is 2.13 bits per heavy atom. The van der Waals surface area contributed by atoms with Gasteiger partial charge in [-0.25, -0.2) is 0 Å². The van der Waals surface area contributed by atoms with Gasteiger partial charge in [-0.3, -0.25) is 0 Å². The number of nitrogens with zero attached hydrogens (tertiary/aromatic N) is 1. The van der Waals surface area contributed by atoms with E-state index in [1.165, 1.54) is 37.8 Å². The average molecular weight is 204 g/mol. The van der Waals surface area contributed by atoms with Crippen molar-refractivity contribution in [3.8, 4) is 0 Å². The molecule has 0 spiro atoms. The third-order valence-corrected chi connectivity index (χ3v) is 3.13. The number of anilines is 2. The molecule has 1 heterocycles. The molecule has 2 nitrogen and oxygen atoms in total. The molecule has 0 bridgehead atoms. The number of hydrogen-bond donors (Lipinski definition) is 1. The molecule has 82 valence electrons. The van der Waals surface area contributed by atoms with Gasteiger partial charge in [0.15, 0.2) is 0 Å². The number of para-hydroxylation sites is 2. The third kappa shape index (κ3) is 2.65. The Morgan fingerprint density at radius 2 is 1.47 bits per heavy atom. The van der Waals surface area contributed by atoms with Crippen LogP contribution in [-0.4, -0.2) is 13.1 Å². The molecule has 0 amide bonds. The van der Waals surface area contributed by atoms with Crippen LogP contribution in [0.5, 0.6) is 0 Å². The molecule has 0 saturated carbocycles. The van der Waals surface area contributed by atoms with Crippen molar-refractivity contribution in [1.82, 2.24) is 0 Å². The maximum absolute atomic E-state index is 6.00. The zero-order valence-electron chi connectivity index (χ0n) is 9.28. The van der Waals surface area contributed by atoms with Gasteiger partial charge in [0.25, 0.3) is 0 Å². The summed E-state index contributed by atoms with van der Waals surface area (Å²) in [7, 11) is 0. The predicted octanol–water partition coefficient (Wildman–Crippen LogP) is 3.04. The van der Waals surface area contributed by atoms with Gasteiger partial charge >= 0.3 is 0 Å². The van der Waals surface area contributed by atoms with Crippen molar-refractivity contribution in [1.29, 1.82) is 0 Å². The van der Waals surface area contributed by atoms with Crippen molar-refractivity contribution in [2.24, 2.45) is 0 Å². The van der Waals surface area contributed by atoms with Gasteiger partial charge < -0.3 is 10.6 Å². The van der Waals surface area contributed by atoms with Crippen LogP contribution in [-0.2, 0) is 0 Å². The summed E-state index contributed by atoms with van der Waals surface area (Å²) in [4.78, 5) is 2.44. The molecule has 1 aromatic carbocycles. The molecule has 2 N–H and O–H groups in total. The van der Waals surface area contributed by atoms with Crippen molar-refractivity contribution < 1.29 is 0 Å². The van der Waals surface area contributed by atoms with Gasteiger partial charge in [0.1, 0.15) is 0 Å². The smallest absolute Gasteiger partial charge is 0.0599 e. The second-order valence-electron chi connectivity index (χ2n) is 4.31. The standard InChI is InChI=1S/C13H20N2/c14-12-8-4-5-9-13(12)15-10-6-2-1-3-7-11-15/h4-5,8-9H,1-3,6-7,10-11,14H2. The highest BCUT2D eigenvalue weighted by Gasteiger charge is 2.10. The Balaban J connectivity index is 2.10. The van der Waals surface area contributed by atoms with E-state index in [1.54, 1.807) is 0 Å². The fraction of sp³-hybridized carbons (Fsp3) is 0.538. The van der Waals surface area contributed by atoms with Crippen molar-refractivity contribution in [3.63, 3.8) is 0 Å². The van der Waals surface area contributed by atoms with E-state index < -0.39 is 0 Å². The summed E-state index contributed by atoms with van der Waals surface area (Å²) in [6, 6.07) is 8.21. The van der Waals surface area contributed by atoms with E-state index in [9.17, 15) is 0 Å². The summed E-state index contributed by atoms with van der Waals surface area (Å²) in [5, 5.41) is 0. The van der Waals surface area contributed by atoms with Crippen molar-refractivity contribution >= 4 is 11.4 Å². The van der Waals surface area contributed by atoms with E-state index in [1.807, 2.05) is 12.1 Å². The highest BCUT2D eigenvalue weighted by atomic mass is 15.1. The minimum Gasteiger partial charge on any atom is -0.397 e. The fourth-order valence-electron chi connectivity index (χ4n) is 2.26. The average Bonchev–Trinajstić information content (AvgIpc) is 2.19. The molecule has 2 heteroatoms. The minimum atomic E-state index is 0.915. The lowest BCUT2D eigenvalue weighted by Gasteiger charge is -2.27. The molecule has 1 aliphatic rings. The van der Waals surface area contributed by atoms with Gasteiger partial charge in [-0.2, -0.15) is 0 Å². The van der Waals surface area contributed by atoms with Crippen molar-refractivity contribution in [3.05, 3.63) is 24.3 Å². The Hall–Kier alpha value is -1.18. The number of hydrogen-bond acceptors (Lipinski definition) is 2. The van der Waals surface area contributed by atoms with E-state index in [-0.39, 0.29) is 0 Å². The first-order valence-electron chi connectivity index (χ1n) is 5.97. The molecule has 0 aromatic heterocycles. The highest BCUT2D eigenvalue weighted by Crippen LogP contribution is 2.24. The molecule has 1 aliphatic heterocycles. The quantitative estimate of drug-likeness (QED) is 0.712. The van der Waals surface area contributed by atoms with E-state index in [4.69, 9.17) is 5.73 Å². The van der Waals surface area contributed by atoms with Gasteiger partial charge in [0.05, 0.1) is 11.4 Å². The van der Waals surface area contributed by atoms with Crippen LogP contribution in [0.1, 0.15) is 32.1 Å². The summed E-state index contributed by atoms with van der Waals surface area (Å²) in [5.74, 6) is 0. The Bertz CT molecular complexity index is 301. The molecule has 1 aromatic rings. The Morgan fingerprint density at radius 1 is 0.867 bits per heavy atom. The topological polar surface area (TPSA) is 29.3 Å². The predicted molar refractivity (Wildman–Crippen MR) is 66.2 cm³/mol. The van der Waals surface area contributed by atoms with Crippen LogP contribution in [0, 0.1) is 0 Å². The normalized spacial score (nSPS) is 18.3. The van der Waals surface area contributed by atoms with Gasteiger partial charge in [-0.15, -0.1) is 0 Å². The zero-order chi connectivity index (χ0) is 10.5. The molecule has 0 unspecified atom stereocenters. The van der Waals surface area contributed by atoms with Crippen LogP contribution >= 0.6 is 0 Å². The first-order valence-corrected chi connectivity index (χ1v) is 5.97. The van der Waals surface area contributed by atoms with Gasteiger partial charge in [-0.1, -0.05) is 31.4 Å². The first-order chi connectivity index (χ1) is 7.38. The largest absolute Gasteiger partial charge is 0.397 e. The molecule has 0 atom stereocenters. The van der Waals surface area contributed by atoms with Crippen LogP contribution in [0.4, 0.5) is 11.4 Å². The number of nitrogen functional groups attached to an aromatic ring is 1. The second kappa shape index (κ2) is 5.06. The Labute approximate surface area is 92.1 Å². The minimum absolute atomic E-state index is 0.915. The lowest BCUT2D eigenvalue weighted by Crippen LogP contribution is -2.27. The van der Waals surface area contributed by atoms with E-state index in [0.717, 1.165) is 18.8 Å². The highest BCUT2D eigenvalue weighted by molar-refractivity contribution is 5.67. The SMILES string of the molecule is Nc1ccccc1N1CCCCCCC1. The van der Waals surface area contributed by atoms with Crippen LogP contribution < -0.4 is 10.6 Å². The molecular weight excluding hydrogens is 184 g/mol. The van der Waals surface area contributed by atoms with Crippen LogP contribution in [0.25, 0.3) is 0 Å². The van der Waals surface area contributed by atoms with E-state index in [0.29, 0.717) is 0 Å². The maximum Gasteiger partial charge on any atom is 0.0599 e. The third-order valence-electron chi connectivity index (χ3n) is 3.13. The monoisotopic (exact) mass is 204 g/mol. The Kier molecular flexibility index (Phi) is 3.49. The summed E-state index contributed by atoms with van der Waals surface area (Å²) < 4.78 is 0. The molecule has 0 radical (unpaired) electrons. The molecule has 15 heavy (non-hydrogen) atoms. The summed E-state index contributed by atoms with van der Waals surface area (Å²) in [5.41, 5.74) is 8.14. The number of nitrogens with two attached hydrogens (primary N) is 1. The molecule has 1 saturated heterocycles. The summed E-state index contributed by atoms with van der Waals surface area (Å²) in [6.07, 6.45) is 6.73. The van der Waals surface area contributed by atoms with Crippen LogP contribution in [0.3, 0.4) is 0 Å². The van der Waals surface area contributed by atoms with Crippen molar-refractivity contribution in [2.45, 2.75) is 32.1 Å². The lowest BCUT2D eigenvalue weighted by atomic mass is 10.1. The zero-order valence-corrected chi connectivity index (χ0v) is 9.28. The number of rotatable bonds is 1. The molecule has 1 fully saturated rings. The van der Waals surface area contributed by atoms with Crippen LogP contribution in [0.2, 0.25) is 0 Å². The van der Waals surface area contributed by atoms with Crippen LogP contribution in [0.15, 0.2) is 24.3 Å². The van der Waals surface area contributed by atoms with Gasteiger partial charge in [-0.05, 0) is 25.0 Å². The van der Waals surface area contributed by atoms with Crippen molar-refractivity contribution in [2.75, 3.05) is 23.7 Å². The molecular formula is C13H20N2.